The molecule has 0 aromatic heterocycles. The van der Waals surface area contributed by atoms with Gasteiger partial charge in [-0.15, -0.1) is 0 Å². The zero-order valence-corrected chi connectivity index (χ0v) is 14.4. The molecule has 4 nitrogen and oxygen atoms in total. The molecule has 0 radical (unpaired) electrons. The maximum atomic E-state index is 12.1. The molecular formula is C19H24F3NO3. The van der Waals surface area contributed by atoms with Gasteiger partial charge in [0.05, 0.1) is 12.2 Å². The van der Waals surface area contributed by atoms with E-state index < -0.39 is 18.2 Å². The van der Waals surface area contributed by atoms with Gasteiger partial charge in [-0.1, -0.05) is 43.2 Å². The highest BCUT2D eigenvalue weighted by Crippen LogP contribution is 2.26. The first-order valence-electron chi connectivity index (χ1n) is 8.76. The van der Waals surface area contributed by atoms with E-state index in [0.717, 1.165) is 31.2 Å². The molecule has 26 heavy (non-hydrogen) atoms. The zero-order valence-electron chi connectivity index (χ0n) is 14.4. The van der Waals surface area contributed by atoms with Crippen molar-refractivity contribution in [2.45, 2.75) is 50.5 Å². The summed E-state index contributed by atoms with van der Waals surface area (Å²) in [5.41, 5.74) is 1.41. The Bertz CT molecular complexity index is 631. The van der Waals surface area contributed by atoms with Gasteiger partial charge in [-0.3, -0.25) is 4.79 Å². The van der Waals surface area contributed by atoms with Crippen molar-refractivity contribution in [2.24, 2.45) is 5.92 Å². The Kier molecular flexibility index (Phi) is 7.23. The number of hydrogen-bond donors (Lipinski definition) is 3. The van der Waals surface area contributed by atoms with Crippen LogP contribution in [-0.2, 0) is 4.79 Å². The van der Waals surface area contributed by atoms with Crippen molar-refractivity contribution in [3.8, 4) is 0 Å². The molecule has 1 amide bonds. The van der Waals surface area contributed by atoms with Crippen LogP contribution in [0.3, 0.4) is 0 Å². The van der Waals surface area contributed by atoms with Gasteiger partial charge < -0.3 is 15.5 Å². The molecule has 7 heteroatoms. The number of aliphatic hydroxyl groups is 2. The lowest BCUT2D eigenvalue weighted by Gasteiger charge is -2.24. The van der Waals surface area contributed by atoms with Gasteiger partial charge in [0.15, 0.2) is 0 Å². The SMILES string of the molecule is O=C(NCCC(O)c1cccc(/C=C/C2CCCCC2O)c1)C(F)(F)F. The van der Waals surface area contributed by atoms with Crippen LogP contribution in [0.4, 0.5) is 13.2 Å². The van der Waals surface area contributed by atoms with Crippen molar-refractivity contribution in [1.82, 2.24) is 5.32 Å². The summed E-state index contributed by atoms with van der Waals surface area (Å²) in [6, 6.07) is 7.04. The largest absolute Gasteiger partial charge is 0.471 e. The minimum atomic E-state index is -4.92. The third kappa shape index (κ3) is 6.14. The molecule has 1 aromatic rings. The number of carbonyl (C=O) groups excluding carboxylic acids is 1. The summed E-state index contributed by atoms with van der Waals surface area (Å²) in [6.45, 7) is -0.270. The van der Waals surface area contributed by atoms with Crippen LogP contribution in [0, 0.1) is 5.92 Å². The molecule has 144 valence electrons. The molecule has 3 unspecified atom stereocenters. The van der Waals surface area contributed by atoms with Crippen LogP contribution in [0.5, 0.6) is 0 Å². The van der Waals surface area contributed by atoms with E-state index in [9.17, 15) is 28.2 Å². The second-order valence-electron chi connectivity index (χ2n) is 6.60. The predicted molar refractivity (Wildman–Crippen MR) is 92.1 cm³/mol. The number of halogens is 3. The van der Waals surface area contributed by atoms with Crippen molar-refractivity contribution in [3.63, 3.8) is 0 Å². The van der Waals surface area contributed by atoms with E-state index >= 15 is 0 Å². The number of hydrogen-bond acceptors (Lipinski definition) is 3. The summed E-state index contributed by atoms with van der Waals surface area (Å²) in [7, 11) is 0. The first-order valence-corrected chi connectivity index (χ1v) is 8.76. The second-order valence-corrected chi connectivity index (χ2v) is 6.60. The van der Waals surface area contributed by atoms with Crippen molar-refractivity contribution in [2.75, 3.05) is 6.54 Å². The Balaban J connectivity index is 1.90. The fourth-order valence-corrected chi connectivity index (χ4v) is 3.06. The Labute approximate surface area is 150 Å². The quantitative estimate of drug-likeness (QED) is 0.718. The maximum absolute atomic E-state index is 12.1. The van der Waals surface area contributed by atoms with E-state index in [2.05, 4.69) is 0 Å². The standard InChI is InChI=1S/C19H24F3NO3/c20-19(21,22)18(26)23-11-10-17(25)15-6-3-4-13(12-15)8-9-14-5-1-2-7-16(14)24/h3-4,6,8-9,12,14,16-17,24-25H,1-2,5,7,10-11H2,(H,23,26)/b9-8+. The number of alkyl halides is 3. The van der Waals surface area contributed by atoms with Crippen LogP contribution in [0.2, 0.25) is 0 Å². The molecule has 0 aliphatic heterocycles. The van der Waals surface area contributed by atoms with Gasteiger partial charge in [0.2, 0.25) is 0 Å². The number of nitrogens with one attached hydrogen (secondary N) is 1. The van der Waals surface area contributed by atoms with Crippen molar-refractivity contribution in [3.05, 3.63) is 41.5 Å². The molecule has 0 spiro atoms. The minimum absolute atomic E-state index is 0.0175. The summed E-state index contributed by atoms with van der Waals surface area (Å²) in [5, 5.41) is 21.9. The van der Waals surface area contributed by atoms with E-state index in [-0.39, 0.29) is 25.0 Å². The van der Waals surface area contributed by atoms with Gasteiger partial charge in [-0.05, 0) is 36.5 Å². The third-order valence-electron chi connectivity index (χ3n) is 4.57. The fraction of sp³-hybridized carbons (Fsp3) is 0.526. The molecule has 1 aromatic carbocycles. The van der Waals surface area contributed by atoms with Gasteiger partial charge in [0.25, 0.3) is 0 Å². The summed E-state index contributed by atoms with van der Waals surface area (Å²) in [6.07, 6.45) is 1.50. The number of amides is 1. The van der Waals surface area contributed by atoms with Crippen LogP contribution in [-0.4, -0.2) is 34.9 Å². The van der Waals surface area contributed by atoms with Crippen molar-refractivity contribution >= 4 is 12.0 Å². The molecule has 1 saturated carbocycles. The molecule has 1 fully saturated rings. The highest BCUT2D eigenvalue weighted by molar-refractivity contribution is 5.81. The van der Waals surface area contributed by atoms with E-state index in [1.165, 1.54) is 0 Å². The monoisotopic (exact) mass is 371 g/mol. The topological polar surface area (TPSA) is 69.6 Å². The first kappa shape index (κ1) is 20.5. The van der Waals surface area contributed by atoms with E-state index in [1.807, 2.05) is 18.2 Å². The van der Waals surface area contributed by atoms with Crippen LogP contribution < -0.4 is 5.32 Å². The summed E-state index contributed by atoms with van der Waals surface area (Å²) < 4.78 is 36.3. The lowest BCUT2D eigenvalue weighted by atomic mass is 9.86. The van der Waals surface area contributed by atoms with Crippen LogP contribution in [0.15, 0.2) is 30.3 Å². The Morgan fingerprint density at radius 2 is 2.04 bits per heavy atom. The lowest BCUT2D eigenvalue weighted by molar-refractivity contribution is -0.173. The van der Waals surface area contributed by atoms with Gasteiger partial charge in [0, 0.05) is 12.5 Å². The van der Waals surface area contributed by atoms with E-state index in [1.54, 1.807) is 23.5 Å². The molecule has 0 bridgehead atoms. The minimum Gasteiger partial charge on any atom is -0.393 e. The number of benzene rings is 1. The molecular weight excluding hydrogens is 347 g/mol. The Hall–Kier alpha value is -1.86. The van der Waals surface area contributed by atoms with Gasteiger partial charge >= 0.3 is 12.1 Å². The highest BCUT2D eigenvalue weighted by Gasteiger charge is 2.38. The lowest BCUT2D eigenvalue weighted by Crippen LogP contribution is -2.37. The maximum Gasteiger partial charge on any atom is 0.471 e. The Morgan fingerprint density at radius 1 is 1.31 bits per heavy atom. The smallest absolute Gasteiger partial charge is 0.393 e. The molecule has 0 saturated heterocycles. The van der Waals surface area contributed by atoms with E-state index in [0.29, 0.717) is 5.56 Å². The fourth-order valence-electron chi connectivity index (χ4n) is 3.06. The van der Waals surface area contributed by atoms with Crippen LogP contribution in [0.25, 0.3) is 6.08 Å². The second kappa shape index (κ2) is 9.19. The molecule has 0 heterocycles. The van der Waals surface area contributed by atoms with Crippen LogP contribution in [0.1, 0.15) is 49.3 Å². The predicted octanol–water partition coefficient (Wildman–Crippen LogP) is 3.35. The molecule has 3 atom stereocenters. The number of aliphatic hydroxyl groups excluding tert-OH is 2. The van der Waals surface area contributed by atoms with Gasteiger partial charge in [-0.25, -0.2) is 0 Å². The normalized spacial score (nSPS) is 22.3. The summed E-state index contributed by atoms with van der Waals surface area (Å²) >= 11 is 0. The van der Waals surface area contributed by atoms with Gasteiger partial charge in [-0.2, -0.15) is 13.2 Å². The average molecular weight is 371 g/mol. The Morgan fingerprint density at radius 3 is 2.73 bits per heavy atom. The number of rotatable bonds is 6. The van der Waals surface area contributed by atoms with Gasteiger partial charge in [0.1, 0.15) is 0 Å². The third-order valence-corrected chi connectivity index (χ3v) is 4.57. The summed E-state index contributed by atoms with van der Waals surface area (Å²) in [5.74, 6) is -1.89. The van der Waals surface area contributed by atoms with Crippen LogP contribution >= 0.6 is 0 Å². The van der Waals surface area contributed by atoms with Crippen molar-refractivity contribution < 1.29 is 28.2 Å². The molecule has 2 rings (SSSR count). The summed E-state index contributed by atoms with van der Waals surface area (Å²) in [4.78, 5) is 10.8. The van der Waals surface area contributed by atoms with Crippen molar-refractivity contribution in [1.29, 1.82) is 0 Å². The average Bonchev–Trinajstić information content (AvgIpc) is 2.60. The highest BCUT2D eigenvalue weighted by atomic mass is 19.4. The first-order chi connectivity index (χ1) is 12.3. The van der Waals surface area contributed by atoms with E-state index in [4.69, 9.17) is 0 Å². The molecule has 1 aliphatic rings. The number of carbonyl (C=O) groups is 1. The zero-order chi connectivity index (χ0) is 19.2. The molecule has 1 aliphatic carbocycles. The molecule has 3 N–H and O–H groups in total.